The Morgan fingerprint density at radius 1 is 1.12 bits per heavy atom. The Hall–Kier alpha value is -1.76. The van der Waals surface area contributed by atoms with Crippen molar-refractivity contribution in [2.75, 3.05) is 13.7 Å². The molecule has 0 bridgehead atoms. The van der Waals surface area contributed by atoms with Crippen molar-refractivity contribution in [1.29, 1.82) is 0 Å². The van der Waals surface area contributed by atoms with Gasteiger partial charge in [0.25, 0.3) is 0 Å². The van der Waals surface area contributed by atoms with Crippen molar-refractivity contribution < 1.29 is 17.9 Å². The highest BCUT2D eigenvalue weighted by molar-refractivity contribution is 7.89. The zero-order valence-electron chi connectivity index (χ0n) is 14.7. The van der Waals surface area contributed by atoms with Crippen LogP contribution in [0.25, 0.3) is 0 Å². The van der Waals surface area contributed by atoms with Crippen LogP contribution in [0, 0.1) is 13.8 Å². The second kappa shape index (κ2) is 8.08. The fourth-order valence-electron chi connectivity index (χ4n) is 2.25. The Labute approximate surface area is 154 Å². The molecule has 0 aliphatic heterocycles. The van der Waals surface area contributed by atoms with E-state index in [1.165, 1.54) is 24.8 Å². The van der Waals surface area contributed by atoms with E-state index >= 15 is 0 Å². The molecule has 2 aromatic carbocycles. The number of nitrogens with one attached hydrogen (secondary N) is 1. The SMILES string of the molecule is COc1ccc(Cl)cc1S(=O)(=O)N[C@@H](C)COc1ccc(C)c(C)c1. The Bertz CT molecular complexity index is 852. The average Bonchev–Trinajstić information content (AvgIpc) is 2.55. The monoisotopic (exact) mass is 383 g/mol. The van der Waals surface area contributed by atoms with Crippen LogP contribution in [-0.2, 0) is 10.0 Å². The van der Waals surface area contributed by atoms with Gasteiger partial charge in [0.1, 0.15) is 23.0 Å². The maximum atomic E-state index is 12.6. The van der Waals surface area contributed by atoms with Crippen molar-refractivity contribution in [3.63, 3.8) is 0 Å². The summed E-state index contributed by atoms with van der Waals surface area (Å²) in [5, 5.41) is 0.320. The maximum absolute atomic E-state index is 12.6. The molecule has 0 spiro atoms. The van der Waals surface area contributed by atoms with Crippen LogP contribution in [0.1, 0.15) is 18.1 Å². The Morgan fingerprint density at radius 2 is 1.84 bits per heavy atom. The fraction of sp³-hybridized carbons (Fsp3) is 0.333. The second-order valence-corrected chi connectivity index (χ2v) is 7.99. The van der Waals surface area contributed by atoms with Gasteiger partial charge in [-0.1, -0.05) is 17.7 Å². The maximum Gasteiger partial charge on any atom is 0.244 e. The third-order valence-corrected chi connectivity index (χ3v) is 5.60. The number of benzene rings is 2. The van der Waals surface area contributed by atoms with Gasteiger partial charge in [0.2, 0.25) is 10.0 Å². The first-order chi connectivity index (χ1) is 11.7. The zero-order valence-corrected chi connectivity index (χ0v) is 16.2. The number of ether oxygens (including phenoxy) is 2. The van der Waals surface area contributed by atoms with Crippen LogP contribution in [-0.4, -0.2) is 28.2 Å². The number of methoxy groups -OCH3 is 1. The summed E-state index contributed by atoms with van der Waals surface area (Å²) >= 11 is 5.91. The van der Waals surface area contributed by atoms with Crippen molar-refractivity contribution in [3.05, 3.63) is 52.5 Å². The van der Waals surface area contributed by atoms with Gasteiger partial charge in [-0.3, -0.25) is 0 Å². The minimum atomic E-state index is -3.78. The van der Waals surface area contributed by atoms with Gasteiger partial charge < -0.3 is 9.47 Å². The van der Waals surface area contributed by atoms with Crippen LogP contribution < -0.4 is 14.2 Å². The van der Waals surface area contributed by atoms with Crippen LogP contribution >= 0.6 is 11.6 Å². The number of aryl methyl sites for hydroxylation is 2. The highest BCUT2D eigenvalue weighted by atomic mass is 35.5. The molecule has 136 valence electrons. The molecule has 0 aromatic heterocycles. The summed E-state index contributed by atoms with van der Waals surface area (Å²) in [4.78, 5) is 0.000491. The molecule has 2 aromatic rings. The normalized spacial score (nSPS) is 12.7. The molecule has 5 nitrogen and oxygen atoms in total. The molecule has 0 unspecified atom stereocenters. The molecule has 0 saturated carbocycles. The minimum Gasteiger partial charge on any atom is -0.495 e. The minimum absolute atomic E-state index is 0.000491. The summed E-state index contributed by atoms with van der Waals surface area (Å²) in [5.74, 6) is 0.939. The van der Waals surface area contributed by atoms with Crippen molar-refractivity contribution >= 4 is 21.6 Å². The lowest BCUT2D eigenvalue weighted by Gasteiger charge is -2.17. The van der Waals surface area contributed by atoms with Gasteiger partial charge in [-0.2, -0.15) is 0 Å². The highest BCUT2D eigenvalue weighted by Gasteiger charge is 2.22. The number of halogens is 1. The summed E-state index contributed by atoms with van der Waals surface area (Å²) in [6.07, 6.45) is 0. The molecule has 0 aliphatic carbocycles. The standard InChI is InChI=1S/C18H22ClNO4S/c1-12-5-7-16(9-13(12)2)24-11-14(3)20-25(21,22)18-10-15(19)6-8-17(18)23-4/h5-10,14,20H,11H2,1-4H3/t14-/m0/s1. The zero-order chi connectivity index (χ0) is 18.6. The predicted molar refractivity (Wildman–Crippen MR) is 99.2 cm³/mol. The van der Waals surface area contributed by atoms with Crippen molar-refractivity contribution in [1.82, 2.24) is 4.72 Å². The molecule has 0 heterocycles. The quantitative estimate of drug-likeness (QED) is 0.791. The molecule has 2 rings (SSSR count). The fourth-order valence-corrected chi connectivity index (χ4v) is 3.91. The largest absolute Gasteiger partial charge is 0.495 e. The molecule has 0 amide bonds. The Balaban J connectivity index is 2.07. The molecule has 1 atom stereocenters. The van der Waals surface area contributed by atoms with E-state index in [0.717, 1.165) is 5.56 Å². The summed E-state index contributed by atoms with van der Waals surface area (Å²) in [6, 6.07) is 9.78. The second-order valence-electron chi connectivity index (χ2n) is 5.87. The number of rotatable bonds is 7. The smallest absolute Gasteiger partial charge is 0.244 e. The lowest BCUT2D eigenvalue weighted by Crippen LogP contribution is -2.36. The van der Waals surface area contributed by atoms with Gasteiger partial charge in [0.05, 0.1) is 13.2 Å². The van der Waals surface area contributed by atoms with E-state index in [4.69, 9.17) is 21.1 Å². The summed E-state index contributed by atoms with van der Waals surface area (Å²) in [6.45, 7) is 5.95. The van der Waals surface area contributed by atoms with Gasteiger partial charge >= 0.3 is 0 Å². The van der Waals surface area contributed by atoms with Gasteiger partial charge in [0.15, 0.2) is 0 Å². The molecule has 7 heteroatoms. The topological polar surface area (TPSA) is 64.6 Å². The first-order valence-corrected chi connectivity index (χ1v) is 9.65. The molecular formula is C18H22ClNO4S. The van der Waals surface area contributed by atoms with E-state index in [9.17, 15) is 8.42 Å². The summed E-state index contributed by atoms with van der Waals surface area (Å²) in [5.41, 5.74) is 2.29. The Morgan fingerprint density at radius 3 is 2.48 bits per heavy atom. The van der Waals surface area contributed by atoms with Crippen molar-refractivity contribution in [2.24, 2.45) is 0 Å². The van der Waals surface area contributed by atoms with Crippen LogP contribution in [0.5, 0.6) is 11.5 Å². The van der Waals surface area contributed by atoms with E-state index < -0.39 is 16.1 Å². The van der Waals surface area contributed by atoms with E-state index in [1.807, 2.05) is 32.0 Å². The molecular weight excluding hydrogens is 362 g/mol. The van der Waals surface area contributed by atoms with Crippen LogP contribution in [0.3, 0.4) is 0 Å². The molecule has 1 N–H and O–H groups in total. The highest BCUT2D eigenvalue weighted by Crippen LogP contribution is 2.27. The van der Waals surface area contributed by atoms with Gasteiger partial charge in [-0.15, -0.1) is 0 Å². The lowest BCUT2D eigenvalue weighted by atomic mass is 10.1. The molecule has 0 saturated heterocycles. The third-order valence-electron chi connectivity index (χ3n) is 3.75. The van der Waals surface area contributed by atoms with E-state index in [1.54, 1.807) is 13.0 Å². The number of sulfonamides is 1. The van der Waals surface area contributed by atoms with E-state index in [2.05, 4.69) is 4.72 Å². The Kier molecular flexibility index (Phi) is 6.32. The van der Waals surface area contributed by atoms with Crippen LogP contribution in [0.4, 0.5) is 0 Å². The van der Waals surface area contributed by atoms with E-state index in [-0.39, 0.29) is 17.3 Å². The first kappa shape index (κ1) is 19.6. The van der Waals surface area contributed by atoms with E-state index in [0.29, 0.717) is 10.8 Å². The molecule has 0 fully saturated rings. The molecule has 0 radical (unpaired) electrons. The van der Waals surface area contributed by atoms with Crippen LogP contribution in [0.15, 0.2) is 41.3 Å². The van der Waals surface area contributed by atoms with Crippen molar-refractivity contribution in [3.8, 4) is 11.5 Å². The summed E-state index contributed by atoms with van der Waals surface area (Å²) < 4.78 is 38.5. The predicted octanol–water partition coefficient (Wildman–Crippen LogP) is 3.71. The van der Waals surface area contributed by atoms with Gasteiger partial charge in [0, 0.05) is 5.02 Å². The van der Waals surface area contributed by atoms with Crippen molar-refractivity contribution in [2.45, 2.75) is 31.7 Å². The first-order valence-electron chi connectivity index (χ1n) is 7.79. The molecule has 25 heavy (non-hydrogen) atoms. The van der Waals surface area contributed by atoms with Crippen LogP contribution in [0.2, 0.25) is 5.02 Å². The third kappa shape index (κ3) is 5.11. The molecule has 0 aliphatic rings. The number of hydrogen-bond acceptors (Lipinski definition) is 4. The average molecular weight is 384 g/mol. The number of hydrogen-bond donors (Lipinski definition) is 1. The lowest BCUT2D eigenvalue weighted by molar-refractivity contribution is 0.287. The van der Waals surface area contributed by atoms with Gasteiger partial charge in [-0.25, -0.2) is 13.1 Å². The van der Waals surface area contributed by atoms with Gasteiger partial charge in [-0.05, 0) is 62.2 Å². The summed E-state index contributed by atoms with van der Waals surface area (Å²) in [7, 11) is -2.37.